The Balaban J connectivity index is 0.880. The smallest absolute Gasteiger partial charge is 0.407 e. The van der Waals surface area contributed by atoms with Gasteiger partial charge in [0.05, 0.1) is 166 Å². The molecular formula is C95H153N19O28S4. The quantitative estimate of drug-likeness (QED) is 0.0195. The zero-order chi connectivity index (χ0) is 107. The number of benzene rings is 2. The number of carbonyl (C=O) groups is 14. The second-order valence-electron chi connectivity index (χ2n) is 35.9. The molecule has 0 spiro atoms. The van der Waals surface area contributed by atoms with Crippen LogP contribution in [0.15, 0.2) is 58.5 Å². The largest absolute Gasteiger partial charge is 0.496 e. The van der Waals surface area contributed by atoms with E-state index < -0.39 is 230 Å². The van der Waals surface area contributed by atoms with Gasteiger partial charge in [-0.25, -0.2) is 9.59 Å². The minimum atomic E-state index is -2.45. The molecule has 51 heteroatoms. The molecule has 146 heavy (non-hydrogen) atoms. The van der Waals surface area contributed by atoms with E-state index in [1.807, 2.05) is 31.9 Å². The lowest BCUT2D eigenvalue weighted by molar-refractivity contribution is -0.143. The van der Waals surface area contributed by atoms with Crippen molar-refractivity contribution in [2.75, 3.05) is 187 Å². The standard InChI is InChI=1S/C95H153N19O28S4/c1-11-14-25-95(8,13-3)145-55-64(54-143-10)113-142-53-80(121)105-71(43-58(4)5)86(124)107-69(16-15-26-100-93(98)130)85(123)104-63-19-17-61(18-20-63)52-141-94(131)103-47-62(96)46-99-27-28-134-29-30-135-31-32-136-33-34-137-35-36-138-37-38-139-39-40-140-41-42-144-56-68-76(133-9)23-21-66-67-45-72-84(122)101-49-79(120)110-81(59(6)12-2)89(127)102-48-78(119)106-73(57-146(132)91(67)112-83(66)68)87(125)108-70(22-24-77(97)118)92(129)114-50-65(116)44-74(114)88(126)111-82(90(128)109-72)60(7)75(117)51-115/h17-21,23,46,58-60,65,69-75,81-82,99,112,115-117H,11-16,22,24-45,47-57,96H2,1-10H3,(H2,97,118)(H,101,122)(H,102,127)(H,103,131)(H,104,123)(H,105,121)(H,106,119)(H,107,124)(H,108,125)(H,109,128)(H,110,120)(H,111,126)(H3,98,100,130)/b62-46-,113-64+/t59-,60-,65+,69-,70-,71-,72-,73+,74-,75-,81-,82-,95?,146?/m0/s1. The van der Waals surface area contributed by atoms with Gasteiger partial charge < -0.3 is 159 Å². The lowest BCUT2D eigenvalue weighted by Gasteiger charge is -2.33. The summed E-state index contributed by atoms with van der Waals surface area (Å²) in [5.74, 6) is -11.0. The van der Waals surface area contributed by atoms with Crippen molar-refractivity contribution in [2.24, 2.45) is 40.1 Å². The van der Waals surface area contributed by atoms with Crippen molar-refractivity contribution < 1.29 is 134 Å². The van der Waals surface area contributed by atoms with Gasteiger partial charge in [0, 0.05) is 101 Å². The highest BCUT2D eigenvalue weighted by molar-refractivity contribution is 8.02. The number of aromatic nitrogens is 1. The number of H-pyrrole nitrogens is 1. The fourth-order valence-corrected chi connectivity index (χ4v) is 19.3. The molecule has 3 aromatic rings. The third-order valence-electron chi connectivity index (χ3n) is 23.9. The number of anilines is 1. The second kappa shape index (κ2) is 68.2. The van der Waals surface area contributed by atoms with Crippen LogP contribution in [0.2, 0.25) is 0 Å². The number of carbonyl (C=O) groups excluding carboxylic acids is 14. The number of fused-ring (bicyclic) bond motifs is 5. The van der Waals surface area contributed by atoms with Crippen LogP contribution in [0.1, 0.15) is 143 Å². The number of ether oxygens (including phenoxy) is 9. The first kappa shape index (κ1) is 124. The number of aromatic amines is 1. The van der Waals surface area contributed by atoms with Crippen LogP contribution in [0.4, 0.5) is 15.3 Å². The Hall–Kier alpha value is -10.4. The van der Waals surface area contributed by atoms with Gasteiger partial charge in [0.2, 0.25) is 65.0 Å². The van der Waals surface area contributed by atoms with E-state index in [2.05, 4.69) is 100 Å². The molecule has 15 amide bonds. The van der Waals surface area contributed by atoms with Gasteiger partial charge in [-0.1, -0.05) is 91.9 Å². The predicted molar refractivity (Wildman–Crippen MR) is 550 cm³/mol. The number of urea groups is 1. The molecule has 2 unspecified atom stereocenters. The number of nitrogens with one attached hydrogen (secondary N) is 14. The number of rotatable bonds is 63. The molecular weight excluding hydrogens is 1980 g/mol. The SMILES string of the molecule is CCCCC(C)(CC)SC/C(CSC)=N/OCC(=O)N[C@@H](CC(C)C)C(=O)N[C@@H](CCCNC(N)=O)C(=O)Nc1ccc(COC(=O)NC/C(N)=C/NCCOCCOCCOCCOCCOCCOCCOCCSCc2c(OC)ccc3c4c([nH]c23)S(=O)C[C@H]2NC(=O)CNC(=O)[C@H]([C@@H](C)CC)NC(=O)CNC(=O)[C@H](C4)NC(=O)[C@H]([C@@H](C)[C@@H](O)CO)NC(=O)[C@@H]3C[C@@H](O)CN3C(=O)[C@H](CCC(N)=O)NC2=O)cc1. The van der Waals surface area contributed by atoms with Gasteiger partial charge in [-0.2, -0.15) is 23.5 Å². The first-order chi connectivity index (χ1) is 69.9. The van der Waals surface area contributed by atoms with Gasteiger partial charge in [0.1, 0.15) is 65.7 Å². The summed E-state index contributed by atoms with van der Waals surface area (Å²) >= 11 is 4.87. The van der Waals surface area contributed by atoms with E-state index in [-0.39, 0.29) is 92.4 Å². The van der Waals surface area contributed by atoms with E-state index in [0.717, 1.165) is 36.3 Å². The zero-order valence-electron chi connectivity index (χ0n) is 85.1. The Morgan fingerprint density at radius 3 is 1.95 bits per heavy atom. The maximum atomic E-state index is 15.5. The number of primary amides is 2. The Morgan fingerprint density at radius 2 is 1.34 bits per heavy atom. The van der Waals surface area contributed by atoms with Gasteiger partial charge in [-0.05, 0) is 92.0 Å². The number of nitrogens with two attached hydrogens (primary N) is 3. The molecule has 0 aliphatic carbocycles. The molecule has 1 aromatic heterocycles. The van der Waals surface area contributed by atoms with Crippen LogP contribution in [-0.4, -0.2) is 365 Å². The lowest BCUT2D eigenvalue weighted by Crippen LogP contribution is -2.62. The molecule has 0 saturated carbocycles. The Bertz CT molecular complexity index is 4740. The normalized spacial score (nSPS) is 20.0. The average Bonchev–Trinajstić information content (AvgIpc) is 1.61. The number of amides is 15. The fraction of sp³-hybridized carbons (Fsp3) is 0.674. The van der Waals surface area contributed by atoms with E-state index in [9.17, 15) is 82.4 Å². The molecule has 3 aliphatic heterocycles. The molecule has 820 valence electrons. The molecule has 1 saturated heterocycles. The summed E-state index contributed by atoms with van der Waals surface area (Å²) in [4.78, 5) is 202. The molecule has 0 radical (unpaired) electrons. The summed E-state index contributed by atoms with van der Waals surface area (Å²) in [6.45, 7) is 16.6. The number of hydrogen-bond acceptors (Lipinski definition) is 34. The van der Waals surface area contributed by atoms with Crippen LogP contribution in [0.25, 0.3) is 10.9 Å². The molecule has 2 bridgehead atoms. The van der Waals surface area contributed by atoms with Crippen LogP contribution in [0.5, 0.6) is 5.75 Å². The molecule has 23 N–H and O–H groups in total. The minimum Gasteiger partial charge on any atom is -0.496 e. The van der Waals surface area contributed by atoms with E-state index in [1.165, 1.54) is 25.8 Å². The van der Waals surface area contributed by atoms with Crippen LogP contribution >= 0.6 is 35.3 Å². The Kier molecular flexibility index (Phi) is 58.1. The fourth-order valence-electron chi connectivity index (χ4n) is 15.3. The molecule has 2 aromatic carbocycles. The highest BCUT2D eigenvalue weighted by atomic mass is 32.2. The lowest BCUT2D eigenvalue weighted by atomic mass is 9.93. The van der Waals surface area contributed by atoms with Crippen molar-refractivity contribution in [1.82, 2.24) is 73.7 Å². The van der Waals surface area contributed by atoms with Crippen molar-refractivity contribution in [3.63, 3.8) is 0 Å². The monoisotopic (exact) mass is 2140 g/mol. The van der Waals surface area contributed by atoms with E-state index in [1.54, 1.807) is 68.2 Å². The molecule has 4 heterocycles. The van der Waals surface area contributed by atoms with E-state index in [0.29, 0.717) is 135 Å². The average molecular weight is 2140 g/mol. The molecule has 47 nitrogen and oxygen atoms in total. The van der Waals surface area contributed by atoms with E-state index in [4.69, 9.17) is 64.7 Å². The maximum absolute atomic E-state index is 15.5. The Labute approximate surface area is 867 Å². The summed E-state index contributed by atoms with van der Waals surface area (Å²) in [7, 11) is -1.02. The molecule has 3 aliphatic rings. The highest BCUT2D eigenvalue weighted by Crippen LogP contribution is 2.38. The number of alkyl carbamates (subject to hydrolysis) is 1. The third-order valence-corrected chi connectivity index (χ3v) is 28.6. The first-order valence-corrected chi connectivity index (χ1v) is 54.0. The molecule has 6 rings (SSSR count). The van der Waals surface area contributed by atoms with Gasteiger partial charge in [0.15, 0.2) is 6.61 Å². The summed E-state index contributed by atoms with van der Waals surface area (Å²) in [6.07, 6.45) is 3.12. The van der Waals surface area contributed by atoms with Gasteiger partial charge in [-0.3, -0.25) is 61.7 Å². The maximum Gasteiger partial charge on any atom is 0.407 e. The van der Waals surface area contributed by atoms with Crippen molar-refractivity contribution in [3.8, 4) is 5.75 Å². The number of methoxy groups -OCH3 is 1. The van der Waals surface area contributed by atoms with Crippen molar-refractivity contribution in [1.29, 1.82) is 0 Å². The number of aliphatic hydroxyl groups is 3. The first-order valence-electron chi connectivity index (χ1n) is 49.2. The zero-order valence-corrected chi connectivity index (χ0v) is 88.4. The van der Waals surface area contributed by atoms with Crippen molar-refractivity contribution in [3.05, 3.63) is 65.0 Å². The van der Waals surface area contributed by atoms with Crippen LogP contribution in [-0.2, 0) is 130 Å². The number of hydrogen-bond donors (Lipinski definition) is 20. The number of thioether (sulfide) groups is 3. The van der Waals surface area contributed by atoms with Crippen LogP contribution in [0.3, 0.4) is 0 Å². The van der Waals surface area contributed by atoms with E-state index >= 15 is 4.21 Å². The topological polar surface area (TPSA) is 675 Å². The van der Waals surface area contributed by atoms with Crippen molar-refractivity contribution in [2.45, 2.75) is 215 Å². The van der Waals surface area contributed by atoms with Crippen LogP contribution < -0.4 is 91.1 Å². The number of unbranched alkanes of at least 4 members (excludes halogenated alkanes) is 1. The van der Waals surface area contributed by atoms with Gasteiger partial charge >= 0.3 is 12.1 Å². The molecule has 1 fully saturated rings. The third kappa shape index (κ3) is 45.3. The predicted octanol–water partition coefficient (Wildman–Crippen LogP) is -0.331. The highest BCUT2D eigenvalue weighted by Gasteiger charge is 2.46. The van der Waals surface area contributed by atoms with Gasteiger partial charge in [-0.15, -0.1) is 11.8 Å². The number of aliphatic hydroxyl groups excluding tert-OH is 3. The number of oxime groups is 1. The van der Waals surface area contributed by atoms with Gasteiger partial charge in [0.25, 0.3) is 5.91 Å². The summed E-state index contributed by atoms with van der Waals surface area (Å²) < 4.78 is 66.4. The second-order valence-corrected chi connectivity index (χ2v) is 40.8. The summed E-state index contributed by atoms with van der Waals surface area (Å²) in [6, 6.07) is -3.05. The van der Waals surface area contributed by atoms with Crippen molar-refractivity contribution >= 4 is 151 Å². The summed E-state index contributed by atoms with van der Waals surface area (Å²) in [5, 5.41) is 71.0. The Morgan fingerprint density at radius 1 is 0.705 bits per heavy atom. The van der Waals surface area contributed by atoms with Crippen LogP contribution in [0, 0.1) is 17.8 Å². The summed E-state index contributed by atoms with van der Waals surface area (Å²) in [5.41, 5.74) is 20.0. The molecule has 14 atom stereocenters. The number of nitrogens with zero attached hydrogens (tertiary/aromatic N) is 2. The minimum absolute atomic E-state index is 0.0125.